The van der Waals surface area contributed by atoms with E-state index in [1.807, 2.05) is 13.8 Å². The number of nitrogens with one attached hydrogen (secondary N) is 1. The van der Waals surface area contributed by atoms with E-state index in [9.17, 15) is 20.1 Å². The Bertz CT molecular complexity index is 539. The molecule has 22 heavy (non-hydrogen) atoms. The van der Waals surface area contributed by atoms with Gasteiger partial charge >= 0.3 is 5.97 Å². The number of aromatic carboxylic acids is 1. The average molecular weight is 308 g/mol. The van der Waals surface area contributed by atoms with Gasteiger partial charge in [0.1, 0.15) is 11.3 Å². The number of aliphatic hydroxyl groups is 1. The van der Waals surface area contributed by atoms with Crippen LogP contribution in [-0.2, 0) is 0 Å². The lowest BCUT2D eigenvalue weighted by Crippen LogP contribution is -2.49. The van der Waals surface area contributed by atoms with E-state index < -0.39 is 11.4 Å². The van der Waals surface area contributed by atoms with Gasteiger partial charge in [0.05, 0.1) is 0 Å². The maximum Gasteiger partial charge on any atom is 0.339 e. The summed E-state index contributed by atoms with van der Waals surface area (Å²) in [6, 6.07) is 4.56. The molecule has 6 heteroatoms. The number of hydrogen-bond acceptors (Lipinski definition) is 5. The van der Waals surface area contributed by atoms with Crippen molar-refractivity contribution in [3.63, 3.8) is 0 Å². The maximum atomic E-state index is 11.3. The second kappa shape index (κ2) is 6.64. The van der Waals surface area contributed by atoms with E-state index in [1.54, 1.807) is 6.07 Å². The summed E-state index contributed by atoms with van der Waals surface area (Å²) in [4.78, 5) is 13.5. The predicted octanol–water partition coefficient (Wildman–Crippen LogP) is 1.06. The molecule has 1 aliphatic heterocycles. The van der Waals surface area contributed by atoms with Crippen molar-refractivity contribution in [3.05, 3.63) is 29.3 Å². The fourth-order valence-electron chi connectivity index (χ4n) is 3.08. The van der Waals surface area contributed by atoms with Crippen molar-refractivity contribution in [2.24, 2.45) is 5.41 Å². The number of aromatic hydroxyl groups is 1. The third kappa shape index (κ3) is 3.40. The average Bonchev–Trinajstić information content (AvgIpc) is 2.50. The molecule has 1 saturated heterocycles. The van der Waals surface area contributed by atoms with Gasteiger partial charge in [-0.15, -0.1) is 0 Å². The van der Waals surface area contributed by atoms with Crippen LogP contribution in [0.2, 0.25) is 0 Å². The first-order chi connectivity index (χ1) is 10.4. The van der Waals surface area contributed by atoms with Crippen LogP contribution in [0.4, 0.5) is 0 Å². The molecule has 2 rings (SSSR count). The van der Waals surface area contributed by atoms with Gasteiger partial charge in [0.25, 0.3) is 0 Å². The molecule has 1 aromatic rings. The second-order valence-corrected chi connectivity index (χ2v) is 6.42. The third-order valence-corrected chi connectivity index (χ3v) is 4.23. The number of piperazine rings is 1. The zero-order valence-corrected chi connectivity index (χ0v) is 13.0. The molecule has 1 fully saturated rings. The van der Waals surface area contributed by atoms with Crippen LogP contribution in [-0.4, -0.2) is 59.0 Å². The van der Waals surface area contributed by atoms with Gasteiger partial charge in [-0.3, -0.25) is 4.90 Å². The summed E-state index contributed by atoms with van der Waals surface area (Å²) in [6.45, 7) is 7.31. The monoisotopic (exact) mass is 308 g/mol. The highest BCUT2D eigenvalue weighted by Crippen LogP contribution is 2.39. The van der Waals surface area contributed by atoms with E-state index >= 15 is 0 Å². The molecule has 0 radical (unpaired) electrons. The molecule has 4 N–H and O–H groups in total. The van der Waals surface area contributed by atoms with Gasteiger partial charge in [0.2, 0.25) is 0 Å². The molecule has 0 spiro atoms. The van der Waals surface area contributed by atoms with Crippen LogP contribution in [0.5, 0.6) is 5.75 Å². The van der Waals surface area contributed by atoms with Crippen LogP contribution in [0.1, 0.15) is 35.8 Å². The van der Waals surface area contributed by atoms with Crippen molar-refractivity contribution in [2.75, 3.05) is 32.8 Å². The Morgan fingerprint density at radius 2 is 2.00 bits per heavy atom. The molecule has 0 aromatic heterocycles. The predicted molar refractivity (Wildman–Crippen MR) is 83.1 cm³/mol. The fraction of sp³-hybridized carbons (Fsp3) is 0.562. The lowest BCUT2D eigenvalue weighted by atomic mass is 9.79. The number of carbonyl (C=O) groups is 1. The SMILES string of the molecule is CC(C)(CO)[C@@H](c1ccc(O)c(C(=O)O)c1)N1CCNCC1. The molecule has 1 heterocycles. The number of carboxylic acids is 1. The van der Waals surface area contributed by atoms with Gasteiger partial charge in [-0.1, -0.05) is 19.9 Å². The summed E-state index contributed by atoms with van der Waals surface area (Å²) in [6.07, 6.45) is 0. The van der Waals surface area contributed by atoms with Crippen LogP contribution < -0.4 is 5.32 Å². The lowest BCUT2D eigenvalue weighted by Gasteiger charge is -2.43. The molecule has 0 aliphatic carbocycles. The standard InChI is InChI=1S/C16H24N2O4/c1-16(2,10-19)14(18-7-5-17-6-8-18)11-3-4-13(20)12(9-11)15(21)22/h3-4,9,14,17,19-20H,5-8,10H2,1-2H3,(H,21,22)/t14-/m1/s1. The minimum Gasteiger partial charge on any atom is -0.507 e. The molecular formula is C16H24N2O4. The fourth-order valence-corrected chi connectivity index (χ4v) is 3.08. The van der Waals surface area contributed by atoms with E-state index in [4.69, 9.17) is 0 Å². The molecular weight excluding hydrogens is 284 g/mol. The van der Waals surface area contributed by atoms with Crippen LogP contribution in [0.3, 0.4) is 0 Å². The molecule has 1 aliphatic rings. The maximum absolute atomic E-state index is 11.3. The van der Waals surface area contributed by atoms with E-state index in [2.05, 4.69) is 10.2 Å². The van der Waals surface area contributed by atoms with Gasteiger partial charge in [-0.25, -0.2) is 4.79 Å². The van der Waals surface area contributed by atoms with Crippen LogP contribution in [0, 0.1) is 5.41 Å². The van der Waals surface area contributed by atoms with Crippen molar-refractivity contribution in [1.29, 1.82) is 0 Å². The molecule has 1 atom stereocenters. The van der Waals surface area contributed by atoms with Gasteiger partial charge < -0.3 is 20.6 Å². The Morgan fingerprint density at radius 1 is 1.36 bits per heavy atom. The summed E-state index contributed by atoms with van der Waals surface area (Å²) in [7, 11) is 0. The van der Waals surface area contributed by atoms with E-state index in [0.717, 1.165) is 31.7 Å². The van der Waals surface area contributed by atoms with Crippen molar-refractivity contribution in [2.45, 2.75) is 19.9 Å². The highest BCUT2D eigenvalue weighted by molar-refractivity contribution is 5.91. The molecule has 1 aromatic carbocycles. The van der Waals surface area contributed by atoms with E-state index in [0.29, 0.717) is 0 Å². The number of carboxylic acid groups (broad SMARTS) is 1. The van der Waals surface area contributed by atoms with Gasteiger partial charge in [0, 0.05) is 44.2 Å². The second-order valence-electron chi connectivity index (χ2n) is 6.42. The first-order valence-electron chi connectivity index (χ1n) is 7.48. The molecule has 0 saturated carbocycles. The van der Waals surface area contributed by atoms with Crippen molar-refractivity contribution < 1.29 is 20.1 Å². The van der Waals surface area contributed by atoms with Gasteiger partial charge in [-0.2, -0.15) is 0 Å². The summed E-state index contributed by atoms with van der Waals surface area (Å²) >= 11 is 0. The Hall–Kier alpha value is -1.63. The largest absolute Gasteiger partial charge is 0.507 e. The van der Waals surface area contributed by atoms with E-state index in [1.165, 1.54) is 12.1 Å². The minimum atomic E-state index is -1.15. The normalized spacial score (nSPS) is 18.1. The number of nitrogens with zero attached hydrogens (tertiary/aromatic N) is 1. The van der Waals surface area contributed by atoms with Crippen molar-refractivity contribution >= 4 is 5.97 Å². The number of hydrogen-bond donors (Lipinski definition) is 4. The molecule has 0 unspecified atom stereocenters. The van der Waals surface area contributed by atoms with Crippen LogP contribution >= 0.6 is 0 Å². The zero-order chi connectivity index (χ0) is 16.3. The van der Waals surface area contributed by atoms with Crippen LogP contribution in [0.15, 0.2) is 18.2 Å². The number of phenols is 1. The summed E-state index contributed by atoms with van der Waals surface area (Å²) < 4.78 is 0. The first kappa shape index (κ1) is 16.7. The van der Waals surface area contributed by atoms with Crippen molar-refractivity contribution in [3.8, 4) is 5.75 Å². The number of aliphatic hydroxyl groups excluding tert-OH is 1. The Labute approximate surface area is 130 Å². The van der Waals surface area contributed by atoms with Crippen LogP contribution in [0.25, 0.3) is 0 Å². The summed E-state index contributed by atoms with van der Waals surface area (Å²) in [5, 5.41) is 32.0. The number of rotatable bonds is 5. The highest BCUT2D eigenvalue weighted by atomic mass is 16.4. The first-order valence-corrected chi connectivity index (χ1v) is 7.48. The molecule has 0 bridgehead atoms. The van der Waals surface area contributed by atoms with E-state index in [-0.39, 0.29) is 24.0 Å². The highest BCUT2D eigenvalue weighted by Gasteiger charge is 2.36. The molecule has 0 amide bonds. The van der Waals surface area contributed by atoms with Gasteiger partial charge in [0.15, 0.2) is 0 Å². The van der Waals surface area contributed by atoms with Gasteiger partial charge in [-0.05, 0) is 17.7 Å². The molecule has 6 nitrogen and oxygen atoms in total. The number of benzene rings is 1. The lowest BCUT2D eigenvalue weighted by molar-refractivity contribution is 0.0304. The Morgan fingerprint density at radius 3 is 2.55 bits per heavy atom. The van der Waals surface area contributed by atoms with Crippen molar-refractivity contribution in [1.82, 2.24) is 10.2 Å². The topological polar surface area (TPSA) is 93.0 Å². The summed E-state index contributed by atoms with van der Waals surface area (Å²) in [5.41, 5.74) is 0.270. The third-order valence-electron chi connectivity index (χ3n) is 4.23. The quantitative estimate of drug-likeness (QED) is 0.650. The smallest absolute Gasteiger partial charge is 0.339 e. The Kier molecular flexibility index (Phi) is 5.05. The zero-order valence-electron chi connectivity index (χ0n) is 13.0. The molecule has 122 valence electrons. The minimum absolute atomic E-state index is 0.00905. The summed E-state index contributed by atoms with van der Waals surface area (Å²) in [5.74, 6) is -1.39. The Balaban J connectivity index is 2.44.